The molecule has 1 aromatic rings. The second-order valence-electron chi connectivity index (χ2n) is 4.83. The Kier molecular flexibility index (Phi) is 6.67. The molecule has 0 aliphatic carbocycles. The van der Waals surface area contributed by atoms with Gasteiger partial charge < -0.3 is 19.5 Å². The fourth-order valence-corrected chi connectivity index (χ4v) is 2.09. The monoisotopic (exact) mass is 267 g/mol. The molecule has 0 bridgehead atoms. The van der Waals surface area contributed by atoms with E-state index in [-0.39, 0.29) is 6.61 Å². The minimum absolute atomic E-state index is 0.237. The van der Waals surface area contributed by atoms with Gasteiger partial charge in [0.25, 0.3) is 0 Å². The van der Waals surface area contributed by atoms with E-state index in [0.717, 1.165) is 36.6 Å². The van der Waals surface area contributed by atoms with Gasteiger partial charge in [-0.3, -0.25) is 0 Å². The molecule has 4 nitrogen and oxygen atoms in total. The van der Waals surface area contributed by atoms with Crippen molar-refractivity contribution < 1.29 is 14.6 Å². The molecule has 1 aromatic carbocycles. The number of hydrogen-bond acceptors (Lipinski definition) is 4. The SMILES string of the molecule is CCC(CO)CN(C)Cc1ccc(OC)cc1OC. The maximum absolute atomic E-state index is 9.24. The van der Waals surface area contributed by atoms with E-state index in [1.54, 1.807) is 14.2 Å². The summed E-state index contributed by atoms with van der Waals surface area (Å²) in [5.74, 6) is 1.96. The van der Waals surface area contributed by atoms with E-state index in [2.05, 4.69) is 18.9 Å². The summed E-state index contributed by atoms with van der Waals surface area (Å²) in [7, 11) is 5.37. The topological polar surface area (TPSA) is 41.9 Å². The number of rotatable bonds is 8. The molecule has 0 fully saturated rings. The Morgan fingerprint density at radius 2 is 2.00 bits per heavy atom. The fraction of sp³-hybridized carbons (Fsp3) is 0.600. The summed E-state index contributed by atoms with van der Waals surface area (Å²) >= 11 is 0. The van der Waals surface area contributed by atoms with Crippen LogP contribution in [0.2, 0.25) is 0 Å². The van der Waals surface area contributed by atoms with Gasteiger partial charge in [0, 0.05) is 31.3 Å². The van der Waals surface area contributed by atoms with Gasteiger partial charge in [-0.15, -0.1) is 0 Å². The van der Waals surface area contributed by atoms with Gasteiger partial charge >= 0.3 is 0 Å². The lowest BCUT2D eigenvalue weighted by Gasteiger charge is -2.22. The molecule has 0 spiro atoms. The fourth-order valence-electron chi connectivity index (χ4n) is 2.09. The van der Waals surface area contributed by atoms with E-state index >= 15 is 0 Å². The highest BCUT2D eigenvalue weighted by Crippen LogP contribution is 2.25. The summed E-state index contributed by atoms with van der Waals surface area (Å²) in [6.07, 6.45) is 0.987. The minimum atomic E-state index is 0.237. The van der Waals surface area contributed by atoms with Gasteiger partial charge in [-0.2, -0.15) is 0 Å². The minimum Gasteiger partial charge on any atom is -0.497 e. The van der Waals surface area contributed by atoms with Gasteiger partial charge in [0.05, 0.1) is 14.2 Å². The van der Waals surface area contributed by atoms with Crippen molar-refractivity contribution in [2.75, 3.05) is 34.4 Å². The van der Waals surface area contributed by atoms with E-state index < -0.39 is 0 Å². The summed E-state index contributed by atoms with van der Waals surface area (Å²) in [5, 5.41) is 9.24. The maximum Gasteiger partial charge on any atom is 0.127 e. The zero-order chi connectivity index (χ0) is 14.3. The lowest BCUT2D eigenvalue weighted by molar-refractivity contribution is 0.172. The molecule has 0 aliphatic heterocycles. The molecule has 0 aliphatic rings. The standard InChI is InChI=1S/C15H25NO3/c1-5-12(11-17)9-16(2)10-13-6-7-14(18-3)8-15(13)19-4/h6-8,12,17H,5,9-11H2,1-4H3. The molecular weight excluding hydrogens is 242 g/mol. The molecule has 1 unspecified atom stereocenters. The first-order valence-electron chi connectivity index (χ1n) is 6.64. The molecule has 0 aromatic heterocycles. The molecule has 0 amide bonds. The van der Waals surface area contributed by atoms with Crippen LogP contribution >= 0.6 is 0 Å². The third kappa shape index (κ3) is 4.73. The van der Waals surface area contributed by atoms with Crippen molar-refractivity contribution in [2.24, 2.45) is 5.92 Å². The van der Waals surface area contributed by atoms with Crippen molar-refractivity contribution in [1.29, 1.82) is 0 Å². The Bertz CT molecular complexity index is 378. The zero-order valence-electron chi connectivity index (χ0n) is 12.3. The van der Waals surface area contributed by atoms with Crippen LogP contribution in [-0.4, -0.2) is 44.4 Å². The first-order chi connectivity index (χ1) is 9.14. The predicted molar refractivity (Wildman–Crippen MR) is 76.7 cm³/mol. The normalized spacial score (nSPS) is 12.5. The largest absolute Gasteiger partial charge is 0.497 e. The van der Waals surface area contributed by atoms with Crippen LogP contribution in [0.15, 0.2) is 18.2 Å². The lowest BCUT2D eigenvalue weighted by atomic mass is 10.1. The summed E-state index contributed by atoms with van der Waals surface area (Å²) in [4.78, 5) is 2.20. The number of benzene rings is 1. The zero-order valence-corrected chi connectivity index (χ0v) is 12.3. The summed E-state index contributed by atoms with van der Waals surface area (Å²) in [5.41, 5.74) is 1.12. The van der Waals surface area contributed by atoms with Crippen LogP contribution < -0.4 is 9.47 Å². The number of nitrogens with zero attached hydrogens (tertiary/aromatic N) is 1. The van der Waals surface area contributed by atoms with Crippen LogP contribution in [-0.2, 0) is 6.54 Å². The van der Waals surface area contributed by atoms with Gasteiger partial charge in [-0.1, -0.05) is 13.0 Å². The Labute approximate surface area is 115 Å². The van der Waals surface area contributed by atoms with Crippen LogP contribution in [0.5, 0.6) is 11.5 Å². The van der Waals surface area contributed by atoms with Crippen molar-refractivity contribution in [3.05, 3.63) is 23.8 Å². The van der Waals surface area contributed by atoms with Gasteiger partial charge in [-0.25, -0.2) is 0 Å². The van der Waals surface area contributed by atoms with Crippen molar-refractivity contribution >= 4 is 0 Å². The van der Waals surface area contributed by atoms with E-state index in [9.17, 15) is 5.11 Å². The van der Waals surface area contributed by atoms with E-state index in [1.807, 2.05) is 18.2 Å². The van der Waals surface area contributed by atoms with Gasteiger partial charge in [0.15, 0.2) is 0 Å². The molecule has 0 saturated heterocycles. The average Bonchev–Trinajstić information content (AvgIpc) is 2.45. The third-order valence-corrected chi connectivity index (χ3v) is 3.34. The Balaban J connectivity index is 2.70. The Morgan fingerprint density at radius 3 is 2.53 bits per heavy atom. The number of aliphatic hydroxyl groups excluding tert-OH is 1. The summed E-state index contributed by atoms with van der Waals surface area (Å²) < 4.78 is 10.6. The molecule has 4 heteroatoms. The number of ether oxygens (including phenoxy) is 2. The molecule has 1 rings (SSSR count). The first kappa shape index (κ1) is 15.8. The smallest absolute Gasteiger partial charge is 0.127 e. The van der Waals surface area contributed by atoms with Crippen molar-refractivity contribution in [3.8, 4) is 11.5 Å². The van der Waals surface area contributed by atoms with Crippen LogP contribution in [0, 0.1) is 5.92 Å². The summed E-state index contributed by atoms with van der Waals surface area (Å²) in [6, 6.07) is 5.86. The highest BCUT2D eigenvalue weighted by Gasteiger charge is 2.11. The summed E-state index contributed by atoms with van der Waals surface area (Å²) in [6.45, 7) is 4.01. The second kappa shape index (κ2) is 8.02. The highest BCUT2D eigenvalue weighted by molar-refractivity contribution is 5.40. The number of hydrogen-bond donors (Lipinski definition) is 1. The maximum atomic E-state index is 9.24. The molecular formula is C15H25NO3. The van der Waals surface area contributed by atoms with Crippen LogP contribution in [0.1, 0.15) is 18.9 Å². The van der Waals surface area contributed by atoms with Crippen LogP contribution in [0.25, 0.3) is 0 Å². The van der Waals surface area contributed by atoms with E-state index in [1.165, 1.54) is 0 Å². The Hall–Kier alpha value is -1.26. The highest BCUT2D eigenvalue weighted by atomic mass is 16.5. The van der Waals surface area contributed by atoms with E-state index in [0.29, 0.717) is 5.92 Å². The molecule has 1 atom stereocenters. The van der Waals surface area contributed by atoms with Gasteiger partial charge in [0.2, 0.25) is 0 Å². The van der Waals surface area contributed by atoms with Crippen molar-refractivity contribution in [3.63, 3.8) is 0 Å². The van der Waals surface area contributed by atoms with Crippen molar-refractivity contribution in [2.45, 2.75) is 19.9 Å². The van der Waals surface area contributed by atoms with E-state index in [4.69, 9.17) is 9.47 Å². The van der Waals surface area contributed by atoms with Gasteiger partial charge in [0.1, 0.15) is 11.5 Å². The number of aliphatic hydroxyl groups is 1. The quantitative estimate of drug-likeness (QED) is 0.783. The molecule has 1 N–H and O–H groups in total. The molecule has 19 heavy (non-hydrogen) atoms. The van der Waals surface area contributed by atoms with Gasteiger partial charge in [-0.05, 0) is 25.5 Å². The van der Waals surface area contributed by atoms with Crippen LogP contribution in [0.4, 0.5) is 0 Å². The number of methoxy groups -OCH3 is 2. The average molecular weight is 267 g/mol. The molecule has 0 heterocycles. The first-order valence-corrected chi connectivity index (χ1v) is 6.64. The van der Waals surface area contributed by atoms with Crippen molar-refractivity contribution in [1.82, 2.24) is 4.90 Å². The van der Waals surface area contributed by atoms with Crippen LogP contribution in [0.3, 0.4) is 0 Å². The Morgan fingerprint density at radius 1 is 1.26 bits per heavy atom. The predicted octanol–water partition coefficient (Wildman–Crippen LogP) is 2.15. The molecule has 0 saturated carbocycles. The molecule has 0 radical (unpaired) electrons. The second-order valence-corrected chi connectivity index (χ2v) is 4.83. The third-order valence-electron chi connectivity index (χ3n) is 3.34. The lowest BCUT2D eigenvalue weighted by Crippen LogP contribution is -2.27. The molecule has 108 valence electrons.